The summed E-state index contributed by atoms with van der Waals surface area (Å²) in [4.78, 5) is 12.6. The summed E-state index contributed by atoms with van der Waals surface area (Å²) in [6.07, 6.45) is 0. The predicted octanol–water partition coefficient (Wildman–Crippen LogP) is 3.22. The fraction of sp³-hybridized carbons (Fsp3) is 0.125. The van der Waals surface area contributed by atoms with E-state index in [2.05, 4.69) is 9.69 Å². The van der Waals surface area contributed by atoms with Gasteiger partial charge in [0.1, 0.15) is 22.1 Å². The van der Waals surface area contributed by atoms with Crippen molar-refractivity contribution in [1.29, 1.82) is 0 Å². The van der Waals surface area contributed by atoms with Crippen LogP contribution in [-0.4, -0.2) is 10.3 Å². The normalized spacial score (nSPS) is 10.6. The molecule has 3 rings (SSSR count). The molecule has 0 aliphatic heterocycles. The summed E-state index contributed by atoms with van der Waals surface area (Å²) in [6.45, 7) is 2.18. The van der Waals surface area contributed by atoms with Crippen LogP contribution < -0.4 is 11.1 Å². The fourth-order valence-corrected chi connectivity index (χ4v) is 2.83. The van der Waals surface area contributed by atoms with Gasteiger partial charge in [-0.05, 0) is 30.6 Å². The fourth-order valence-electron chi connectivity index (χ4n) is 2.09. The summed E-state index contributed by atoms with van der Waals surface area (Å²) in [7, 11) is 0. The van der Waals surface area contributed by atoms with Gasteiger partial charge in [-0.25, -0.2) is 0 Å². The number of anilines is 1. The Morgan fingerprint density at radius 2 is 2.05 bits per heavy atom. The van der Waals surface area contributed by atoms with Crippen molar-refractivity contribution >= 4 is 23.1 Å². The van der Waals surface area contributed by atoms with E-state index in [-0.39, 0.29) is 5.91 Å². The molecule has 6 heteroatoms. The molecule has 112 valence electrons. The van der Waals surface area contributed by atoms with Gasteiger partial charge in [0.05, 0.1) is 12.2 Å². The van der Waals surface area contributed by atoms with E-state index in [4.69, 9.17) is 10.2 Å². The van der Waals surface area contributed by atoms with Crippen LogP contribution in [0.3, 0.4) is 0 Å². The molecule has 5 nitrogen and oxygen atoms in total. The highest BCUT2D eigenvalue weighted by atomic mass is 32.1. The Bertz CT molecular complexity index is 793. The summed E-state index contributed by atoms with van der Waals surface area (Å²) in [5.41, 5.74) is 8.02. The van der Waals surface area contributed by atoms with E-state index in [0.29, 0.717) is 28.6 Å². The molecule has 0 spiro atoms. The second-order valence-electron chi connectivity index (χ2n) is 4.84. The van der Waals surface area contributed by atoms with Gasteiger partial charge in [-0.15, -0.1) is 0 Å². The Morgan fingerprint density at radius 1 is 1.27 bits per heavy atom. The van der Waals surface area contributed by atoms with Crippen LogP contribution in [-0.2, 0) is 6.54 Å². The van der Waals surface area contributed by atoms with Crippen molar-refractivity contribution in [3.8, 4) is 11.3 Å². The van der Waals surface area contributed by atoms with E-state index in [0.717, 1.165) is 22.9 Å². The van der Waals surface area contributed by atoms with Gasteiger partial charge < -0.3 is 15.5 Å². The summed E-state index contributed by atoms with van der Waals surface area (Å²) >= 11 is 1.10. The lowest BCUT2D eigenvalue weighted by atomic mass is 10.1. The van der Waals surface area contributed by atoms with Crippen molar-refractivity contribution in [1.82, 2.24) is 9.69 Å². The maximum atomic E-state index is 12.2. The predicted molar refractivity (Wildman–Crippen MR) is 86.6 cm³/mol. The van der Waals surface area contributed by atoms with Crippen LogP contribution in [0.2, 0.25) is 0 Å². The Labute approximate surface area is 131 Å². The zero-order valence-corrected chi connectivity index (χ0v) is 12.8. The van der Waals surface area contributed by atoms with Crippen molar-refractivity contribution in [2.24, 2.45) is 0 Å². The number of rotatable bonds is 4. The Hall–Kier alpha value is -2.60. The highest BCUT2D eigenvalue weighted by molar-refractivity contribution is 7.09. The molecule has 0 unspecified atom stereocenters. The number of carbonyl (C=O) groups is 1. The van der Waals surface area contributed by atoms with E-state index < -0.39 is 0 Å². The molecule has 0 bridgehead atoms. The molecule has 22 heavy (non-hydrogen) atoms. The molecule has 0 aliphatic carbocycles. The highest BCUT2D eigenvalue weighted by Gasteiger charge is 2.18. The molecule has 0 saturated carbocycles. The van der Waals surface area contributed by atoms with Crippen molar-refractivity contribution < 1.29 is 9.21 Å². The first-order valence-electron chi connectivity index (χ1n) is 6.79. The Morgan fingerprint density at radius 3 is 2.73 bits per heavy atom. The molecule has 2 heterocycles. The first kappa shape index (κ1) is 14.3. The van der Waals surface area contributed by atoms with Gasteiger partial charge in [0.15, 0.2) is 0 Å². The van der Waals surface area contributed by atoms with Gasteiger partial charge in [0.25, 0.3) is 5.91 Å². The van der Waals surface area contributed by atoms with Gasteiger partial charge in [0, 0.05) is 5.56 Å². The van der Waals surface area contributed by atoms with E-state index in [1.165, 1.54) is 0 Å². The molecule has 2 aromatic heterocycles. The largest absolute Gasteiger partial charge is 0.465 e. The van der Waals surface area contributed by atoms with Crippen LogP contribution in [0.5, 0.6) is 0 Å². The minimum absolute atomic E-state index is 0.244. The van der Waals surface area contributed by atoms with E-state index in [9.17, 15) is 4.79 Å². The standard InChI is InChI=1S/C16H15N3O2S/c1-10-7-8-12(21-10)9-18-16(20)15-13(17)14(19-22-15)11-5-3-2-4-6-11/h2-8H,9,17H2,1H3,(H,18,20). The number of benzene rings is 1. The number of nitrogen functional groups attached to an aromatic ring is 1. The van der Waals surface area contributed by atoms with E-state index >= 15 is 0 Å². The van der Waals surface area contributed by atoms with Gasteiger partial charge in [-0.3, -0.25) is 4.79 Å². The number of amides is 1. The number of aromatic nitrogens is 1. The SMILES string of the molecule is Cc1ccc(CNC(=O)c2snc(-c3ccccc3)c2N)o1. The summed E-state index contributed by atoms with van der Waals surface area (Å²) in [5, 5.41) is 2.79. The average molecular weight is 313 g/mol. The topological polar surface area (TPSA) is 81.2 Å². The molecule has 3 N–H and O–H groups in total. The zero-order valence-electron chi connectivity index (χ0n) is 12.0. The third-order valence-corrected chi connectivity index (χ3v) is 4.06. The first-order valence-corrected chi connectivity index (χ1v) is 7.56. The molecule has 1 aromatic carbocycles. The number of nitrogens with one attached hydrogen (secondary N) is 1. The van der Waals surface area contributed by atoms with Gasteiger partial charge in [-0.1, -0.05) is 30.3 Å². The molecule has 1 amide bonds. The maximum absolute atomic E-state index is 12.2. The Kier molecular flexibility index (Phi) is 3.93. The number of furan rings is 1. The smallest absolute Gasteiger partial charge is 0.265 e. The molecule has 0 fully saturated rings. The van der Waals surface area contributed by atoms with E-state index in [1.807, 2.05) is 49.4 Å². The van der Waals surface area contributed by atoms with Crippen molar-refractivity contribution in [3.05, 3.63) is 58.9 Å². The second kappa shape index (κ2) is 6.03. The molecule has 0 atom stereocenters. The van der Waals surface area contributed by atoms with E-state index in [1.54, 1.807) is 0 Å². The molecule has 0 aliphatic rings. The van der Waals surface area contributed by atoms with Gasteiger partial charge >= 0.3 is 0 Å². The monoisotopic (exact) mass is 313 g/mol. The van der Waals surface area contributed by atoms with Crippen LogP contribution in [0.4, 0.5) is 5.69 Å². The van der Waals surface area contributed by atoms with Crippen LogP contribution in [0.1, 0.15) is 21.2 Å². The van der Waals surface area contributed by atoms with Crippen LogP contribution in [0, 0.1) is 6.92 Å². The van der Waals surface area contributed by atoms with Crippen molar-refractivity contribution in [2.45, 2.75) is 13.5 Å². The molecular formula is C16H15N3O2S. The highest BCUT2D eigenvalue weighted by Crippen LogP contribution is 2.30. The lowest BCUT2D eigenvalue weighted by molar-refractivity contribution is 0.0952. The minimum atomic E-state index is -0.244. The quantitative estimate of drug-likeness (QED) is 0.775. The lowest BCUT2D eigenvalue weighted by Gasteiger charge is -2.02. The summed E-state index contributed by atoms with van der Waals surface area (Å²) in [5.74, 6) is 1.27. The summed E-state index contributed by atoms with van der Waals surface area (Å²) in [6, 6.07) is 13.3. The van der Waals surface area contributed by atoms with Gasteiger partial charge in [0.2, 0.25) is 0 Å². The first-order chi connectivity index (χ1) is 10.6. The third-order valence-electron chi connectivity index (χ3n) is 3.20. The number of nitrogens with two attached hydrogens (primary N) is 1. The number of nitrogens with zero attached hydrogens (tertiary/aromatic N) is 1. The van der Waals surface area contributed by atoms with Crippen molar-refractivity contribution in [2.75, 3.05) is 5.73 Å². The molecule has 0 radical (unpaired) electrons. The molecule has 3 aromatic rings. The molecular weight excluding hydrogens is 298 g/mol. The number of hydrogen-bond donors (Lipinski definition) is 2. The minimum Gasteiger partial charge on any atom is -0.465 e. The zero-order chi connectivity index (χ0) is 15.5. The molecule has 0 saturated heterocycles. The van der Waals surface area contributed by atoms with Crippen LogP contribution in [0.15, 0.2) is 46.9 Å². The van der Waals surface area contributed by atoms with Crippen molar-refractivity contribution in [3.63, 3.8) is 0 Å². The van der Waals surface area contributed by atoms with Gasteiger partial charge in [-0.2, -0.15) is 4.37 Å². The number of hydrogen-bond acceptors (Lipinski definition) is 5. The second-order valence-corrected chi connectivity index (χ2v) is 5.61. The third kappa shape index (κ3) is 2.87. The summed E-state index contributed by atoms with van der Waals surface area (Å²) < 4.78 is 9.71. The lowest BCUT2D eigenvalue weighted by Crippen LogP contribution is -2.22. The average Bonchev–Trinajstić information content (AvgIpc) is 3.12. The number of carbonyl (C=O) groups excluding carboxylic acids is 1. The van der Waals surface area contributed by atoms with Crippen LogP contribution in [0.25, 0.3) is 11.3 Å². The van der Waals surface area contributed by atoms with Crippen LogP contribution >= 0.6 is 11.5 Å². The number of aryl methyl sites for hydroxylation is 1. The Balaban J connectivity index is 1.75. The maximum Gasteiger partial charge on any atom is 0.265 e.